The first-order valence-corrected chi connectivity index (χ1v) is 10.5. The monoisotopic (exact) mass is 374 g/mol. The van der Waals surface area contributed by atoms with Gasteiger partial charge >= 0.3 is 0 Å². The highest BCUT2D eigenvalue weighted by Gasteiger charge is 2.25. The molecule has 0 spiro atoms. The van der Waals surface area contributed by atoms with Crippen LogP contribution in [-0.4, -0.2) is 25.7 Å². The Morgan fingerprint density at radius 3 is 2.46 bits per heavy atom. The molecule has 0 unspecified atom stereocenters. The number of methoxy groups -OCH3 is 2. The average Bonchev–Trinajstić information content (AvgIpc) is 3.11. The van der Waals surface area contributed by atoms with Crippen molar-refractivity contribution in [3.8, 4) is 22.8 Å². The van der Waals surface area contributed by atoms with Gasteiger partial charge in [-0.3, -0.25) is 0 Å². The fourth-order valence-electron chi connectivity index (χ4n) is 3.87. The van der Waals surface area contributed by atoms with Gasteiger partial charge in [-0.15, -0.1) is 11.3 Å². The Bertz CT molecular complexity index is 736. The molecule has 26 heavy (non-hydrogen) atoms. The summed E-state index contributed by atoms with van der Waals surface area (Å²) in [5.41, 5.74) is 9.07. The van der Waals surface area contributed by atoms with Crippen molar-refractivity contribution in [2.24, 2.45) is 5.73 Å². The molecule has 2 aromatic rings. The first kappa shape index (κ1) is 19.2. The summed E-state index contributed by atoms with van der Waals surface area (Å²) in [6.07, 6.45) is 8.21. The Hall–Kier alpha value is -1.59. The van der Waals surface area contributed by atoms with Gasteiger partial charge in [-0.2, -0.15) is 0 Å². The molecule has 1 aliphatic rings. The van der Waals surface area contributed by atoms with Crippen LogP contribution in [0.2, 0.25) is 0 Å². The molecule has 1 aliphatic carbocycles. The van der Waals surface area contributed by atoms with E-state index in [0.29, 0.717) is 12.5 Å². The van der Waals surface area contributed by atoms with E-state index in [4.69, 9.17) is 20.2 Å². The van der Waals surface area contributed by atoms with Crippen LogP contribution >= 0.6 is 11.3 Å². The van der Waals surface area contributed by atoms with Gasteiger partial charge in [-0.25, -0.2) is 4.98 Å². The highest BCUT2D eigenvalue weighted by molar-refractivity contribution is 7.12. The lowest BCUT2D eigenvalue weighted by atomic mass is 9.86. The number of benzene rings is 1. The fraction of sp³-hybridized carbons (Fsp3) is 0.571. The van der Waals surface area contributed by atoms with Crippen molar-refractivity contribution >= 4 is 11.3 Å². The topological polar surface area (TPSA) is 57.4 Å². The van der Waals surface area contributed by atoms with E-state index in [1.807, 2.05) is 11.3 Å². The van der Waals surface area contributed by atoms with Crippen molar-refractivity contribution in [3.05, 3.63) is 27.6 Å². The smallest absolute Gasteiger partial charge is 0.128 e. The molecule has 1 saturated carbocycles. The second-order valence-corrected chi connectivity index (χ2v) is 8.03. The Morgan fingerprint density at radius 2 is 1.85 bits per heavy atom. The lowest BCUT2D eigenvalue weighted by Gasteiger charge is -2.22. The van der Waals surface area contributed by atoms with E-state index in [-0.39, 0.29) is 0 Å². The Balaban J connectivity index is 2.12. The minimum absolute atomic E-state index is 0.601. The van der Waals surface area contributed by atoms with Crippen LogP contribution in [0.3, 0.4) is 0 Å². The van der Waals surface area contributed by atoms with Gasteiger partial charge in [-0.05, 0) is 49.4 Å². The lowest BCUT2D eigenvalue weighted by molar-refractivity contribution is 0.400. The second-order valence-electron chi connectivity index (χ2n) is 6.91. The number of thiazole rings is 1. The molecule has 1 aromatic heterocycles. The molecule has 2 N–H and O–H groups in total. The van der Waals surface area contributed by atoms with Crippen LogP contribution in [-0.2, 0) is 12.8 Å². The summed E-state index contributed by atoms with van der Waals surface area (Å²) < 4.78 is 11.4. The Labute approximate surface area is 160 Å². The SMILES string of the molecule is CCc1cc(OC)c(-c2nc(CCN)sc2C2CCCCC2)cc1OC. The number of nitrogens with zero attached hydrogens (tertiary/aromatic N) is 1. The zero-order valence-electron chi connectivity index (χ0n) is 16.1. The van der Waals surface area contributed by atoms with Gasteiger partial charge in [0.05, 0.1) is 24.9 Å². The first-order valence-electron chi connectivity index (χ1n) is 9.66. The van der Waals surface area contributed by atoms with Gasteiger partial charge < -0.3 is 15.2 Å². The minimum Gasteiger partial charge on any atom is -0.496 e. The van der Waals surface area contributed by atoms with E-state index in [1.165, 1.54) is 37.0 Å². The van der Waals surface area contributed by atoms with Crippen LogP contribution in [0.15, 0.2) is 12.1 Å². The largest absolute Gasteiger partial charge is 0.496 e. The molecule has 0 aliphatic heterocycles. The summed E-state index contributed by atoms with van der Waals surface area (Å²) in [4.78, 5) is 6.39. The number of ether oxygens (including phenoxy) is 2. The van der Waals surface area contributed by atoms with Crippen LogP contribution < -0.4 is 15.2 Å². The van der Waals surface area contributed by atoms with Crippen molar-refractivity contribution in [2.75, 3.05) is 20.8 Å². The third-order valence-corrected chi connectivity index (χ3v) is 6.55. The maximum atomic E-state index is 5.80. The number of aromatic nitrogens is 1. The van der Waals surface area contributed by atoms with Crippen molar-refractivity contribution in [1.29, 1.82) is 0 Å². The number of hydrogen-bond donors (Lipinski definition) is 1. The second kappa shape index (κ2) is 8.87. The van der Waals surface area contributed by atoms with Crippen molar-refractivity contribution in [1.82, 2.24) is 4.98 Å². The van der Waals surface area contributed by atoms with E-state index >= 15 is 0 Å². The maximum Gasteiger partial charge on any atom is 0.128 e. The van der Waals surface area contributed by atoms with Gasteiger partial charge in [0.1, 0.15) is 11.5 Å². The molecule has 0 saturated heterocycles. The molecular weight excluding hydrogens is 344 g/mol. The van der Waals surface area contributed by atoms with Crippen LogP contribution in [0.25, 0.3) is 11.3 Å². The summed E-state index contributed by atoms with van der Waals surface area (Å²) in [5.74, 6) is 2.39. The standard InChI is InChI=1S/C21H30N2O2S/c1-4-14-12-18(25-3)16(13-17(14)24-2)20-21(15-8-6-5-7-9-15)26-19(23-20)10-11-22/h12-13,15H,4-11,22H2,1-3H3. The molecule has 0 atom stereocenters. The number of hydrogen-bond acceptors (Lipinski definition) is 5. The highest BCUT2D eigenvalue weighted by Crippen LogP contribution is 2.45. The predicted molar refractivity (Wildman–Crippen MR) is 109 cm³/mol. The summed E-state index contributed by atoms with van der Waals surface area (Å²) in [6.45, 7) is 2.76. The third-order valence-electron chi connectivity index (χ3n) is 5.27. The maximum absolute atomic E-state index is 5.80. The minimum atomic E-state index is 0.601. The van der Waals surface area contributed by atoms with Gasteiger partial charge in [0, 0.05) is 16.9 Å². The van der Waals surface area contributed by atoms with E-state index in [0.717, 1.165) is 46.2 Å². The van der Waals surface area contributed by atoms with Crippen LogP contribution in [0.5, 0.6) is 11.5 Å². The number of rotatable bonds is 7. The average molecular weight is 375 g/mol. The Kier molecular flexibility index (Phi) is 6.54. The summed E-state index contributed by atoms with van der Waals surface area (Å²) in [7, 11) is 3.46. The van der Waals surface area contributed by atoms with Gasteiger partial charge in [0.2, 0.25) is 0 Å². The van der Waals surface area contributed by atoms with E-state index in [2.05, 4.69) is 19.1 Å². The number of aryl methyl sites for hydroxylation is 1. The van der Waals surface area contributed by atoms with Crippen molar-refractivity contribution < 1.29 is 9.47 Å². The molecule has 5 heteroatoms. The van der Waals surface area contributed by atoms with E-state index in [9.17, 15) is 0 Å². The first-order chi connectivity index (χ1) is 12.7. The quantitative estimate of drug-likeness (QED) is 0.746. The van der Waals surface area contributed by atoms with E-state index < -0.39 is 0 Å². The third kappa shape index (κ3) is 3.89. The molecule has 3 rings (SSSR count). The van der Waals surface area contributed by atoms with Gasteiger partial charge in [-0.1, -0.05) is 26.2 Å². The fourth-order valence-corrected chi connectivity index (χ4v) is 5.13. The molecule has 1 aromatic carbocycles. The van der Waals surface area contributed by atoms with Gasteiger partial charge in [0.15, 0.2) is 0 Å². The van der Waals surface area contributed by atoms with Crippen LogP contribution in [0, 0.1) is 0 Å². The van der Waals surface area contributed by atoms with Gasteiger partial charge in [0.25, 0.3) is 0 Å². The normalized spacial score (nSPS) is 15.2. The van der Waals surface area contributed by atoms with Crippen LogP contribution in [0.4, 0.5) is 0 Å². The van der Waals surface area contributed by atoms with Crippen LogP contribution in [0.1, 0.15) is 60.4 Å². The molecule has 0 bridgehead atoms. The molecule has 142 valence electrons. The molecular formula is C21H30N2O2S. The summed E-state index contributed by atoms with van der Waals surface area (Å²) >= 11 is 1.84. The molecule has 0 radical (unpaired) electrons. The summed E-state index contributed by atoms with van der Waals surface area (Å²) in [6, 6.07) is 4.20. The summed E-state index contributed by atoms with van der Waals surface area (Å²) in [5, 5.41) is 1.13. The lowest BCUT2D eigenvalue weighted by Crippen LogP contribution is -2.04. The number of nitrogens with two attached hydrogens (primary N) is 1. The molecule has 1 heterocycles. The highest BCUT2D eigenvalue weighted by atomic mass is 32.1. The Morgan fingerprint density at radius 1 is 1.12 bits per heavy atom. The molecule has 0 amide bonds. The zero-order chi connectivity index (χ0) is 18.5. The van der Waals surface area contributed by atoms with Crippen molar-refractivity contribution in [2.45, 2.75) is 57.8 Å². The molecule has 4 nitrogen and oxygen atoms in total. The molecule has 1 fully saturated rings. The van der Waals surface area contributed by atoms with E-state index in [1.54, 1.807) is 14.2 Å². The zero-order valence-corrected chi connectivity index (χ0v) is 17.0. The van der Waals surface area contributed by atoms with Crippen molar-refractivity contribution in [3.63, 3.8) is 0 Å². The predicted octanol–water partition coefficient (Wildman–Crippen LogP) is 4.94.